The molecule has 0 aliphatic rings. The zero-order valence-electron chi connectivity index (χ0n) is 9.79. The van der Waals surface area contributed by atoms with Crippen molar-refractivity contribution in [2.45, 2.75) is 58.8 Å². The van der Waals surface area contributed by atoms with Gasteiger partial charge in [0.1, 0.15) is 5.78 Å². The van der Waals surface area contributed by atoms with Gasteiger partial charge in [0, 0.05) is 12.8 Å². The molecule has 1 N–H and O–H groups in total. The summed E-state index contributed by atoms with van der Waals surface area (Å²) in [6, 6.07) is 0. The number of aliphatic carboxylic acids is 1. The molecule has 3 nitrogen and oxygen atoms in total. The van der Waals surface area contributed by atoms with Crippen LogP contribution in [-0.4, -0.2) is 16.9 Å². The maximum atomic E-state index is 11.4. The summed E-state index contributed by atoms with van der Waals surface area (Å²) in [5.74, 6) is -1.19. The highest BCUT2D eigenvalue weighted by Crippen LogP contribution is 2.15. The van der Waals surface area contributed by atoms with Gasteiger partial charge in [-0.1, -0.05) is 33.1 Å². The third kappa shape index (κ3) is 7.11. The topological polar surface area (TPSA) is 54.4 Å². The van der Waals surface area contributed by atoms with Crippen LogP contribution in [0, 0.1) is 5.92 Å². The van der Waals surface area contributed by atoms with Crippen LogP contribution in [-0.2, 0) is 9.59 Å². The summed E-state index contributed by atoms with van der Waals surface area (Å²) in [7, 11) is 0. The van der Waals surface area contributed by atoms with Gasteiger partial charge in [0.25, 0.3) is 0 Å². The molecule has 0 heterocycles. The molecule has 0 aliphatic carbocycles. The minimum absolute atomic E-state index is 0.0975. The lowest BCUT2D eigenvalue weighted by molar-refractivity contribution is -0.144. The van der Waals surface area contributed by atoms with Gasteiger partial charge < -0.3 is 5.11 Å². The van der Waals surface area contributed by atoms with Crippen molar-refractivity contribution in [3.63, 3.8) is 0 Å². The summed E-state index contributed by atoms with van der Waals surface area (Å²) in [4.78, 5) is 22.3. The van der Waals surface area contributed by atoms with Crippen LogP contribution in [0.15, 0.2) is 0 Å². The Labute approximate surface area is 91.9 Å². The van der Waals surface area contributed by atoms with Crippen molar-refractivity contribution < 1.29 is 14.7 Å². The molecule has 15 heavy (non-hydrogen) atoms. The second kappa shape index (κ2) is 8.45. The van der Waals surface area contributed by atoms with E-state index in [0.29, 0.717) is 12.8 Å². The first kappa shape index (κ1) is 14.1. The molecule has 0 radical (unpaired) electrons. The average molecular weight is 214 g/mol. The molecule has 0 saturated heterocycles. The van der Waals surface area contributed by atoms with Gasteiger partial charge in [0.05, 0.1) is 5.92 Å². The number of ketones is 1. The molecule has 1 atom stereocenters. The third-order valence-corrected chi connectivity index (χ3v) is 2.54. The molecule has 0 bridgehead atoms. The summed E-state index contributed by atoms with van der Waals surface area (Å²) in [6.45, 7) is 4.05. The van der Waals surface area contributed by atoms with E-state index in [-0.39, 0.29) is 12.2 Å². The minimum atomic E-state index is -0.826. The van der Waals surface area contributed by atoms with E-state index in [1.807, 2.05) is 13.8 Å². The van der Waals surface area contributed by atoms with Crippen LogP contribution in [0.25, 0.3) is 0 Å². The highest BCUT2D eigenvalue weighted by Gasteiger charge is 2.19. The first-order valence-electron chi connectivity index (χ1n) is 5.86. The van der Waals surface area contributed by atoms with Crippen LogP contribution in [0.3, 0.4) is 0 Å². The lowest BCUT2D eigenvalue weighted by Crippen LogP contribution is -2.17. The Morgan fingerprint density at radius 3 is 2.20 bits per heavy atom. The lowest BCUT2D eigenvalue weighted by Gasteiger charge is -2.10. The number of hydrogen-bond donors (Lipinski definition) is 1. The fourth-order valence-corrected chi connectivity index (χ4v) is 1.51. The van der Waals surface area contributed by atoms with E-state index in [2.05, 4.69) is 0 Å². The first-order chi connectivity index (χ1) is 7.11. The van der Waals surface area contributed by atoms with E-state index in [9.17, 15) is 9.59 Å². The Hall–Kier alpha value is -0.860. The Morgan fingerprint density at radius 2 is 1.73 bits per heavy atom. The van der Waals surface area contributed by atoms with Crippen molar-refractivity contribution in [3.8, 4) is 0 Å². The molecule has 0 aromatic carbocycles. The molecule has 1 unspecified atom stereocenters. The zero-order valence-corrected chi connectivity index (χ0v) is 9.79. The maximum Gasteiger partial charge on any atom is 0.306 e. The summed E-state index contributed by atoms with van der Waals surface area (Å²) in [6.07, 6.45) is 5.10. The molecule has 0 rings (SSSR count). The van der Waals surface area contributed by atoms with Crippen LogP contribution in [0.4, 0.5) is 0 Å². The molecule has 0 spiro atoms. The highest BCUT2D eigenvalue weighted by molar-refractivity contribution is 5.83. The van der Waals surface area contributed by atoms with Crippen molar-refractivity contribution >= 4 is 11.8 Å². The fourth-order valence-electron chi connectivity index (χ4n) is 1.51. The van der Waals surface area contributed by atoms with Crippen LogP contribution < -0.4 is 0 Å². The van der Waals surface area contributed by atoms with Gasteiger partial charge in [-0.15, -0.1) is 0 Å². The summed E-state index contributed by atoms with van der Waals surface area (Å²) < 4.78 is 0. The molecule has 0 saturated carbocycles. The van der Waals surface area contributed by atoms with Crippen molar-refractivity contribution in [1.82, 2.24) is 0 Å². The summed E-state index contributed by atoms with van der Waals surface area (Å²) in [5, 5.41) is 8.92. The zero-order chi connectivity index (χ0) is 11.7. The van der Waals surface area contributed by atoms with E-state index in [1.165, 1.54) is 0 Å². The number of unbranched alkanes of at least 4 members (excludes halogenated alkanes) is 2. The Balaban J connectivity index is 3.93. The van der Waals surface area contributed by atoms with Gasteiger partial charge in [-0.3, -0.25) is 9.59 Å². The summed E-state index contributed by atoms with van der Waals surface area (Å²) in [5.41, 5.74) is 0. The minimum Gasteiger partial charge on any atom is -0.481 e. The van der Waals surface area contributed by atoms with E-state index in [0.717, 1.165) is 25.7 Å². The van der Waals surface area contributed by atoms with Crippen LogP contribution >= 0.6 is 0 Å². The molecule has 0 aromatic heterocycles. The van der Waals surface area contributed by atoms with Gasteiger partial charge in [0.2, 0.25) is 0 Å². The average Bonchev–Trinajstić information content (AvgIpc) is 2.20. The Morgan fingerprint density at radius 1 is 1.13 bits per heavy atom. The maximum absolute atomic E-state index is 11.4. The second-order valence-electron chi connectivity index (χ2n) is 4.02. The molecule has 3 heteroatoms. The Bertz CT molecular complexity index is 199. The standard InChI is InChI=1S/C12H22O3/c1-3-5-7-10(12(14)15)9-11(13)8-6-4-2/h10H,3-9H2,1-2H3,(H,14,15). The molecule has 88 valence electrons. The molecular weight excluding hydrogens is 192 g/mol. The van der Waals surface area contributed by atoms with Crippen LogP contribution in [0.1, 0.15) is 58.8 Å². The second-order valence-corrected chi connectivity index (χ2v) is 4.02. The number of carboxylic acid groups (broad SMARTS) is 1. The molecular formula is C12H22O3. The molecule has 0 amide bonds. The monoisotopic (exact) mass is 214 g/mol. The molecule has 0 aromatic rings. The SMILES string of the molecule is CCCCC(=O)CC(CCCC)C(=O)O. The van der Waals surface area contributed by atoms with Gasteiger partial charge in [-0.25, -0.2) is 0 Å². The quantitative estimate of drug-likeness (QED) is 0.642. The summed E-state index contributed by atoms with van der Waals surface area (Å²) >= 11 is 0. The first-order valence-corrected chi connectivity index (χ1v) is 5.86. The van der Waals surface area contributed by atoms with E-state index in [1.54, 1.807) is 0 Å². The van der Waals surface area contributed by atoms with Gasteiger partial charge >= 0.3 is 5.97 Å². The smallest absolute Gasteiger partial charge is 0.306 e. The fraction of sp³-hybridized carbons (Fsp3) is 0.833. The van der Waals surface area contributed by atoms with Gasteiger partial charge in [0.15, 0.2) is 0 Å². The van der Waals surface area contributed by atoms with Crippen LogP contribution in [0.2, 0.25) is 0 Å². The number of Topliss-reactive ketones (excluding diaryl/α,β-unsaturated/α-hetero) is 1. The van der Waals surface area contributed by atoms with Crippen molar-refractivity contribution in [3.05, 3.63) is 0 Å². The number of carbonyl (C=O) groups is 2. The number of carboxylic acids is 1. The van der Waals surface area contributed by atoms with Crippen molar-refractivity contribution in [1.29, 1.82) is 0 Å². The van der Waals surface area contributed by atoms with Crippen molar-refractivity contribution in [2.24, 2.45) is 5.92 Å². The highest BCUT2D eigenvalue weighted by atomic mass is 16.4. The molecule has 0 aliphatic heterocycles. The van der Waals surface area contributed by atoms with Gasteiger partial charge in [-0.05, 0) is 12.8 Å². The largest absolute Gasteiger partial charge is 0.481 e. The normalized spacial score (nSPS) is 12.4. The van der Waals surface area contributed by atoms with Crippen molar-refractivity contribution in [2.75, 3.05) is 0 Å². The third-order valence-electron chi connectivity index (χ3n) is 2.54. The number of rotatable bonds is 9. The predicted molar refractivity (Wildman–Crippen MR) is 59.8 cm³/mol. The van der Waals surface area contributed by atoms with Crippen LogP contribution in [0.5, 0.6) is 0 Å². The molecule has 0 fully saturated rings. The number of hydrogen-bond acceptors (Lipinski definition) is 2. The number of carbonyl (C=O) groups excluding carboxylic acids is 1. The van der Waals surface area contributed by atoms with Gasteiger partial charge in [-0.2, -0.15) is 0 Å². The predicted octanol–water partition coefficient (Wildman–Crippen LogP) is 3.03. The van der Waals surface area contributed by atoms with E-state index >= 15 is 0 Å². The Kier molecular flexibility index (Phi) is 7.96. The van der Waals surface area contributed by atoms with E-state index < -0.39 is 11.9 Å². The lowest BCUT2D eigenvalue weighted by atomic mass is 9.95. The van der Waals surface area contributed by atoms with E-state index in [4.69, 9.17) is 5.11 Å².